The summed E-state index contributed by atoms with van der Waals surface area (Å²) in [6.45, 7) is 5.68. The van der Waals surface area contributed by atoms with E-state index in [1.165, 1.54) is 5.69 Å². The van der Waals surface area contributed by atoms with Crippen LogP contribution in [-0.2, 0) is 13.1 Å². The fraction of sp³-hybridized carbons (Fsp3) is 0.417. The molecule has 2 aromatic heterocycles. The maximum absolute atomic E-state index is 10.7. The van der Waals surface area contributed by atoms with Crippen LogP contribution < -0.4 is 0 Å². The van der Waals surface area contributed by atoms with Crippen molar-refractivity contribution < 1.29 is 4.79 Å². The van der Waals surface area contributed by atoms with Gasteiger partial charge in [-0.25, -0.2) is 4.98 Å². The van der Waals surface area contributed by atoms with Gasteiger partial charge in [-0.2, -0.15) is 5.10 Å². The summed E-state index contributed by atoms with van der Waals surface area (Å²) in [6.07, 6.45) is 5.02. The van der Waals surface area contributed by atoms with Crippen LogP contribution in [0.15, 0.2) is 18.6 Å². The molecule has 0 aliphatic carbocycles. The molecular formula is C12H16N4O. The number of hydrogen-bond acceptors (Lipinski definition) is 3. The third-order valence-electron chi connectivity index (χ3n) is 2.74. The fourth-order valence-electron chi connectivity index (χ4n) is 1.91. The molecule has 0 unspecified atom stereocenters. The second-order valence-corrected chi connectivity index (χ2v) is 4.13. The van der Waals surface area contributed by atoms with Gasteiger partial charge in [0.25, 0.3) is 0 Å². The highest BCUT2D eigenvalue weighted by Crippen LogP contribution is 2.04. The number of aryl methyl sites for hydroxylation is 4. The molecule has 5 nitrogen and oxygen atoms in total. The van der Waals surface area contributed by atoms with E-state index in [0.29, 0.717) is 5.69 Å². The second-order valence-electron chi connectivity index (χ2n) is 4.13. The lowest BCUT2D eigenvalue weighted by Crippen LogP contribution is -2.07. The Morgan fingerprint density at radius 3 is 2.82 bits per heavy atom. The maximum Gasteiger partial charge on any atom is 0.168 e. The van der Waals surface area contributed by atoms with Crippen LogP contribution in [0, 0.1) is 13.8 Å². The molecule has 0 atom stereocenters. The molecule has 5 heteroatoms. The highest BCUT2D eigenvalue weighted by Gasteiger charge is 2.02. The lowest BCUT2D eigenvalue weighted by atomic mass is 10.3. The van der Waals surface area contributed by atoms with Crippen LogP contribution in [0.1, 0.15) is 28.3 Å². The van der Waals surface area contributed by atoms with E-state index in [2.05, 4.69) is 16.1 Å². The van der Waals surface area contributed by atoms with Crippen molar-refractivity contribution in [3.63, 3.8) is 0 Å². The molecule has 0 fully saturated rings. The van der Waals surface area contributed by atoms with Crippen LogP contribution in [0.3, 0.4) is 0 Å². The molecule has 0 aliphatic rings. The van der Waals surface area contributed by atoms with Gasteiger partial charge in [-0.15, -0.1) is 0 Å². The van der Waals surface area contributed by atoms with Gasteiger partial charge in [0.15, 0.2) is 6.29 Å². The quantitative estimate of drug-likeness (QED) is 0.736. The van der Waals surface area contributed by atoms with Crippen LogP contribution in [0.2, 0.25) is 0 Å². The van der Waals surface area contributed by atoms with Crippen molar-refractivity contribution in [3.8, 4) is 0 Å². The van der Waals surface area contributed by atoms with Crippen molar-refractivity contribution in [2.45, 2.75) is 33.4 Å². The summed E-state index contributed by atoms with van der Waals surface area (Å²) in [5.41, 5.74) is 2.83. The molecule has 2 rings (SSSR count). The zero-order chi connectivity index (χ0) is 12.3. The standard InChI is InChI=1S/C12H16N4O/c1-10-6-11(2)16(14-10)5-3-4-15-9-13-7-12(15)8-17/h6-9H,3-5H2,1-2H3. The van der Waals surface area contributed by atoms with Crippen molar-refractivity contribution in [1.82, 2.24) is 19.3 Å². The summed E-state index contributed by atoms with van der Waals surface area (Å²) in [5.74, 6) is 0. The lowest BCUT2D eigenvalue weighted by molar-refractivity contribution is 0.111. The number of carbonyl (C=O) groups is 1. The van der Waals surface area contributed by atoms with Crippen molar-refractivity contribution in [3.05, 3.63) is 35.7 Å². The van der Waals surface area contributed by atoms with Crippen molar-refractivity contribution in [1.29, 1.82) is 0 Å². The Hall–Kier alpha value is -1.91. The second kappa shape index (κ2) is 4.95. The predicted octanol–water partition coefficient (Wildman–Crippen LogP) is 1.60. The van der Waals surface area contributed by atoms with Gasteiger partial charge < -0.3 is 4.57 Å². The summed E-state index contributed by atoms with van der Waals surface area (Å²) < 4.78 is 3.85. The minimum Gasteiger partial charge on any atom is -0.328 e. The average molecular weight is 232 g/mol. The van der Waals surface area contributed by atoms with Gasteiger partial charge in [0.05, 0.1) is 18.2 Å². The third-order valence-corrected chi connectivity index (χ3v) is 2.74. The van der Waals surface area contributed by atoms with Crippen LogP contribution in [0.25, 0.3) is 0 Å². The van der Waals surface area contributed by atoms with Gasteiger partial charge in [-0.05, 0) is 26.3 Å². The maximum atomic E-state index is 10.7. The summed E-state index contributed by atoms with van der Waals surface area (Å²) >= 11 is 0. The van der Waals surface area contributed by atoms with Gasteiger partial charge in [-0.1, -0.05) is 0 Å². The summed E-state index contributed by atoms with van der Waals surface area (Å²) in [5, 5.41) is 4.39. The molecule has 0 radical (unpaired) electrons. The van der Waals surface area contributed by atoms with Gasteiger partial charge >= 0.3 is 0 Å². The number of carbonyl (C=O) groups excluding carboxylic acids is 1. The van der Waals surface area contributed by atoms with E-state index in [-0.39, 0.29) is 0 Å². The zero-order valence-electron chi connectivity index (χ0n) is 10.1. The first kappa shape index (κ1) is 11.6. The molecule has 0 aliphatic heterocycles. The molecule has 0 aromatic carbocycles. The zero-order valence-corrected chi connectivity index (χ0v) is 10.1. The number of aldehydes is 1. The van der Waals surface area contributed by atoms with Gasteiger partial charge in [0, 0.05) is 18.8 Å². The van der Waals surface area contributed by atoms with E-state index in [1.807, 2.05) is 23.1 Å². The van der Waals surface area contributed by atoms with E-state index < -0.39 is 0 Å². The molecule has 0 amide bonds. The molecule has 0 spiro atoms. The largest absolute Gasteiger partial charge is 0.328 e. The molecule has 17 heavy (non-hydrogen) atoms. The highest BCUT2D eigenvalue weighted by molar-refractivity contribution is 5.71. The first-order valence-corrected chi connectivity index (χ1v) is 5.67. The number of imidazole rings is 1. The third kappa shape index (κ3) is 2.61. The van der Waals surface area contributed by atoms with Crippen LogP contribution in [-0.4, -0.2) is 25.6 Å². The number of aromatic nitrogens is 4. The molecule has 2 aromatic rings. The Labute approximate surface area is 100 Å². The molecule has 0 N–H and O–H groups in total. The van der Waals surface area contributed by atoms with E-state index in [1.54, 1.807) is 12.5 Å². The Bertz CT molecular complexity index is 512. The number of hydrogen-bond donors (Lipinski definition) is 0. The summed E-state index contributed by atoms with van der Waals surface area (Å²) in [6, 6.07) is 2.06. The number of rotatable bonds is 5. The Morgan fingerprint density at radius 1 is 1.35 bits per heavy atom. The van der Waals surface area contributed by atoms with Crippen LogP contribution >= 0.6 is 0 Å². The molecule has 2 heterocycles. The van der Waals surface area contributed by atoms with E-state index in [0.717, 1.165) is 31.5 Å². The summed E-state index contributed by atoms with van der Waals surface area (Å²) in [4.78, 5) is 14.7. The number of nitrogens with zero attached hydrogens (tertiary/aromatic N) is 4. The average Bonchev–Trinajstić information content (AvgIpc) is 2.86. The first-order chi connectivity index (χ1) is 8.20. The molecule has 0 saturated heterocycles. The van der Waals surface area contributed by atoms with Crippen molar-refractivity contribution in [2.75, 3.05) is 0 Å². The van der Waals surface area contributed by atoms with Gasteiger partial charge in [-0.3, -0.25) is 9.48 Å². The van der Waals surface area contributed by atoms with Gasteiger partial charge in [0.1, 0.15) is 5.69 Å². The van der Waals surface area contributed by atoms with Gasteiger partial charge in [0.2, 0.25) is 0 Å². The monoisotopic (exact) mass is 232 g/mol. The minimum atomic E-state index is 0.623. The van der Waals surface area contributed by atoms with Crippen LogP contribution in [0.4, 0.5) is 0 Å². The highest BCUT2D eigenvalue weighted by atomic mass is 16.1. The molecule has 90 valence electrons. The summed E-state index contributed by atoms with van der Waals surface area (Å²) in [7, 11) is 0. The smallest absolute Gasteiger partial charge is 0.168 e. The normalized spacial score (nSPS) is 10.7. The van der Waals surface area contributed by atoms with E-state index in [9.17, 15) is 4.79 Å². The topological polar surface area (TPSA) is 52.7 Å². The SMILES string of the molecule is Cc1cc(C)n(CCCn2cncc2C=O)n1. The molecule has 0 bridgehead atoms. The van der Waals surface area contributed by atoms with Crippen LogP contribution in [0.5, 0.6) is 0 Å². The Balaban J connectivity index is 1.92. The Kier molecular flexibility index (Phi) is 3.37. The lowest BCUT2D eigenvalue weighted by Gasteiger charge is -2.06. The predicted molar refractivity (Wildman–Crippen MR) is 63.9 cm³/mol. The van der Waals surface area contributed by atoms with E-state index >= 15 is 0 Å². The van der Waals surface area contributed by atoms with Crippen molar-refractivity contribution in [2.24, 2.45) is 0 Å². The first-order valence-electron chi connectivity index (χ1n) is 5.67. The van der Waals surface area contributed by atoms with Crippen molar-refractivity contribution >= 4 is 6.29 Å². The molecular weight excluding hydrogens is 216 g/mol. The Morgan fingerprint density at radius 2 is 2.18 bits per heavy atom. The minimum absolute atomic E-state index is 0.623. The van der Waals surface area contributed by atoms with E-state index in [4.69, 9.17) is 0 Å². The fourth-order valence-corrected chi connectivity index (χ4v) is 1.91. The molecule has 0 saturated carbocycles.